The highest BCUT2D eigenvalue weighted by atomic mass is 16.5. The highest BCUT2D eigenvalue weighted by Crippen LogP contribution is 2.62. The van der Waals surface area contributed by atoms with E-state index in [2.05, 4.69) is 48.8 Å². The van der Waals surface area contributed by atoms with E-state index >= 15 is 0 Å². The van der Waals surface area contributed by atoms with E-state index in [1.165, 1.54) is 77.3 Å². The summed E-state index contributed by atoms with van der Waals surface area (Å²) in [5.41, 5.74) is 3.84. The fourth-order valence-electron chi connectivity index (χ4n) is 8.37. The van der Waals surface area contributed by atoms with E-state index in [-0.39, 0.29) is 0 Å². The predicted molar refractivity (Wildman–Crippen MR) is 142 cm³/mol. The van der Waals surface area contributed by atoms with Crippen molar-refractivity contribution in [1.82, 2.24) is 10.2 Å². The molecule has 2 saturated carbocycles. The minimum Gasteiger partial charge on any atom is -0.494 e. The van der Waals surface area contributed by atoms with Gasteiger partial charge in [-0.3, -0.25) is 0 Å². The third-order valence-corrected chi connectivity index (χ3v) is 10.6. The summed E-state index contributed by atoms with van der Waals surface area (Å²) in [6, 6.07) is 7.72. The van der Waals surface area contributed by atoms with Gasteiger partial charge in [-0.15, -0.1) is 0 Å². The van der Waals surface area contributed by atoms with Crippen LogP contribution in [0.2, 0.25) is 0 Å². The standard InChI is InChI=1S/C31H48N2O/c1-4-32-18-15-25(33-19-6-5-7-20-33)16-21-34-26-10-12-27-24(22-26)9-11-29-28(27)14-17-31(3)23(2)8-13-30(29)31/h4,10,12,22-23,25,28-30,32H,1,5-9,11,13-21H2,2-3H3. The van der Waals surface area contributed by atoms with Gasteiger partial charge in [0.25, 0.3) is 0 Å². The molecule has 3 aliphatic carbocycles. The molecule has 1 heterocycles. The van der Waals surface area contributed by atoms with E-state index in [4.69, 9.17) is 4.74 Å². The van der Waals surface area contributed by atoms with Gasteiger partial charge in [0.1, 0.15) is 5.75 Å². The third-order valence-electron chi connectivity index (χ3n) is 10.6. The monoisotopic (exact) mass is 464 g/mol. The predicted octanol–water partition coefficient (Wildman–Crippen LogP) is 6.93. The maximum atomic E-state index is 6.37. The summed E-state index contributed by atoms with van der Waals surface area (Å²) >= 11 is 0. The molecule has 0 bridgehead atoms. The number of ether oxygens (including phenoxy) is 1. The maximum Gasteiger partial charge on any atom is 0.119 e. The topological polar surface area (TPSA) is 24.5 Å². The van der Waals surface area contributed by atoms with E-state index < -0.39 is 0 Å². The van der Waals surface area contributed by atoms with Crippen molar-refractivity contribution >= 4 is 0 Å². The molecule has 1 N–H and O–H groups in total. The summed E-state index contributed by atoms with van der Waals surface area (Å²) < 4.78 is 6.37. The molecule has 3 heteroatoms. The fraction of sp³-hybridized carbons (Fsp3) is 0.742. The maximum absolute atomic E-state index is 6.37. The third kappa shape index (κ3) is 4.79. The number of piperidine rings is 1. The van der Waals surface area contributed by atoms with Crippen LogP contribution in [-0.4, -0.2) is 37.2 Å². The van der Waals surface area contributed by atoms with Gasteiger partial charge >= 0.3 is 0 Å². The van der Waals surface area contributed by atoms with Crippen molar-refractivity contribution in [3.63, 3.8) is 0 Å². The summed E-state index contributed by atoms with van der Waals surface area (Å²) in [5.74, 6) is 4.66. The average Bonchev–Trinajstić information content (AvgIpc) is 3.17. The smallest absolute Gasteiger partial charge is 0.119 e. The second kappa shape index (κ2) is 10.6. The minimum atomic E-state index is 0.605. The summed E-state index contributed by atoms with van der Waals surface area (Å²) in [6.45, 7) is 13.3. The van der Waals surface area contributed by atoms with Crippen molar-refractivity contribution < 1.29 is 4.74 Å². The molecule has 3 nitrogen and oxygen atoms in total. The van der Waals surface area contributed by atoms with Crippen LogP contribution in [0.3, 0.4) is 0 Å². The van der Waals surface area contributed by atoms with Crippen LogP contribution in [-0.2, 0) is 6.42 Å². The lowest BCUT2D eigenvalue weighted by atomic mass is 9.54. The van der Waals surface area contributed by atoms with Gasteiger partial charge < -0.3 is 15.0 Å². The molecule has 0 amide bonds. The van der Waals surface area contributed by atoms with Gasteiger partial charge in [0, 0.05) is 12.6 Å². The number of nitrogens with one attached hydrogen (secondary N) is 1. The van der Waals surface area contributed by atoms with Gasteiger partial charge in [-0.25, -0.2) is 0 Å². The van der Waals surface area contributed by atoms with Crippen molar-refractivity contribution in [2.75, 3.05) is 26.2 Å². The highest BCUT2D eigenvalue weighted by molar-refractivity contribution is 5.40. The first kappa shape index (κ1) is 24.2. The molecular weight excluding hydrogens is 416 g/mol. The van der Waals surface area contributed by atoms with Crippen molar-refractivity contribution in [1.29, 1.82) is 0 Å². The summed E-state index contributed by atoms with van der Waals surface area (Å²) in [7, 11) is 0. The van der Waals surface area contributed by atoms with E-state index in [1.54, 1.807) is 11.1 Å². The van der Waals surface area contributed by atoms with Crippen LogP contribution in [0.5, 0.6) is 5.75 Å². The van der Waals surface area contributed by atoms with Gasteiger partial charge in [-0.1, -0.05) is 32.9 Å². The second-order valence-corrected chi connectivity index (χ2v) is 12.1. The van der Waals surface area contributed by atoms with Crippen molar-refractivity contribution in [2.24, 2.45) is 23.2 Å². The number of likely N-dealkylation sites (tertiary alicyclic amines) is 1. The van der Waals surface area contributed by atoms with E-state index in [1.807, 2.05) is 6.20 Å². The van der Waals surface area contributed by atoms with Crippen LogP contribution in [0.4, 0.5) is 0 Å². The van der Waals surface area contributed by atoms with Crippen molar-refractivity contribution in [2.45, 2.75) is 96.4 Å². The molecule has 1 aromatic carbocycles. The van der Waals surface area contributed by atoms with Gasteiger partial charge in [-0.2, -0.15) is 0 Å². The molecule has 1 saturated heterocycles. The number of fused-ring (bicyclic) bond motifs is 5. The van der Waals surface area contributed by atoms with E-state index in [9.17, 15) is 0 Å². The van der Waals surface area contributed by atoms with E-state index in [0.717, 1.165) is 49.0 Å². The highest BCUT2D eigenvalue weighted by Gasteiger charge is 2.53. The lowest BCUT2D eigenvalue weighted by Crippen LogP contribution is -2.41. The van der Waals surface area contributed by atoms with Gasteiger partial charge in [0.2, 0.25) is 0 Å². The largest absolute Gasteiger partial charge is 0.494 e. The molecule has 6 unspecified atom stereocenters. The van der Waals surface area contributed by atoms with Gasteiger partial charge in [-0.05, 0) is 136 Å². The first-order chi connectivity index (χ1) is 16.6. The van der Waals surface area contributed by atoms with Crippen LogP contribution in [0.15, 0.2) is 31.0 Å². The molecule has 3 fully saturated rings. The molecule has 0 spiro atoms. The van der Waals surface area contributed by atoms with Crippen LogP contribution >= 0.6 is 0 Å². The van der Waals surface area contributed by atoms with Crippen LogP contribution in [0, 0.1) is 23.2 Å². The summed E-state index contributed by atoms with van der Waals surface area (Å²) in [4.78, 5) is 2.70. The number of benzene rings is 1. The van der Waals surface area contributed by atoms with Crippen molar-refractivity contribution in [3.8, 4) is 5.75 Å². The SMILES string of the molecule is C=CNCCC(CCOc1ccc2c(c1)CCC1C2CCC2(C)C(C)CCC12)N1CCCCC1. The Hall–Kier alpha value is -1.48. The number of aryl methyl sites for hydroxylation is 1. The fourth-order valence-corrected chi connectivity index (χ4v) is 8.37. The van der Waals surface area contributed by atoms with Crippen molar-refractivity contribution in [3.05, 3.63) is 42.1 Å². The summed E-state index contributed by atoms with van der Waals surface area (Å²) in [5, 5.41) is 3.30. The Labute approximate surface area is 208 Å². The molecule has 1 aliphatic heterocycles. The normalized spacial score (nSPS) is 33.9. The Morgan fingerprint density at radius 3 is 2.82 bits per heavy atom. The lowest BCUT2D eigenvalue weighted by Gasteiger charge is -2.50. The zero-order valence-corrected chi connectivity index (χ0v) is 21.9. The molecule has 6 atom stereocenters. The molecule has 5 rings (SSSR count). The lowest BCUT2D eigenvalue weighted by molar-refractivity contribution is 0.0336. The Bertz CT molecular complexity index is 831. The Morgan fingerprint density at radius 1 is 1.15 bits per heavy atom. The molecule has 4 aliphatic rings. The van der Waals surface area contributed by atoms with Gasteiger partial charge in [0.05, 0.1) is 6.61 Å². The number of hydrogen-bond donors (Lipinski definition) is 1. The molecule has 1 aromatic rings. The van der Waals surface area contributed by atoms with Gasteiger partial charge in [0.15, 0.2) is 0 Å². The molecule has 0 aromatic heterocycles. The molecule has 0 radical (unpaired) electrons. The number of rotatable bonds is 9. The average molecular weight is 465 g/mol. The first-order valence-electron chi connectivity index (χ1n) is 14.4. The second-order valence-electron chi connectivity index (χ2n) is 12.1. The van der Waals surface area contributed by atoms with Crippen LogP contribution < -0.4 is 10.1 Å². The number of nitrogens with zero attached hydrogens (tertiary/aromatic N) is 1. The Kier molecular flexibility index (Phi) is 7.58. The van der Waals surface area contributed by atoms with Crippen LogP contribution in [0.25, 0.3) is 0 Å². The Balaban J connectivity index is 1.19. The van der Waals surface area contributed by atoms with E-state index in [0.29, 0.717) is 11.5 Å². The zero-order chi connectivity index (χ0) is 23.5. The van der Waals surface area contributed by atoms with Crippen LogP contribution in [0.1, 0.15) is 95.1 Å². The summed E-state index contributed by atoms with van der Waals surface area (Å²) in [6.07, 6.45) is 16.6. The molecule has 188 valence electrons. The zero-order valence-electron chi connectivity index (χ0n) is 21.9. The Morgan fingerprint density at radius 2 is 2.00 bits per heavy atom. The number of hydrogen-bond acceptors (Lipinski definition) is 3. The minimum absolute atomic E-state index is 0.605. The quantitative estimate of drug-likeness (QED) is 0.401. The molecule has 34 heavy (non-hydrogen) atoms. The molecular formula is C31H48N2O. The first-order valence-corrected chi connectivity index (χ1v) is 14.4.